The summed E-state index contributed by atoms with van der Waals surface area (Å²) in [6, 6.07) is 6.10. The number of alkyl halides is 3. The van der Waals surface area contributed by atoms with Gasteiger partial charge in [-0.2, -0.15) is 23.5 Å². The molecule has 1 aromatic carbocycles. The molecule has 1 aromatic heterocycles. The van der Waals surface area contributed by atoms with Crippen molar-refractivity contribution in [2.75, 3.05) is 5.73 Å². The first-order valence-electron chi connectivity index (χ1n) is 5.28. The number of nitrogens with zero attached hydrogens (tertiary/aromatic N) is 3. The van der Waals surface area contributed by atoms with E-state index in [9.17, 15) is 13.2 Å². The molecule has 0 bridgehead atoms. The summed E-state index contributed by atoms with van der Waals surface area (Å²) >= 11 is 0. The van der Waals surface area contributed by atoms with Crippen LogP contribution >= 0.6 is 0 Å². The molecule has 0 aliphatic rings. The van der Waals surface area contributed by atoms with Gasteiger partial charge in [0.2, 0.25) is 0 Å². The van der Waals surface area contributed by atoms with Crippen LogP contribution in [0.5, 0.6) is 11.6 Å². The minimum atomic E-state index is -4.64. The van der Waals surface area contributed by atoms with Crippen molar-refractivity contribution in [2.24, 2.45) is 0 Å². The van der Waals surface area contributed by atoms with Crippen molar-refractivity contribution < 1.29 is 17.9 Å². The van der Waals surface area contributed by atoms with Crippen molar-refractivity contribution in [2.45, 2.75) is 6.18 Å². The Kier molecular flexibility index (Phi) is 3.43. The largest absolute Gasteiger partial charge is 0.436 e. The molecule has 0 radical (unpaired) electrons. The molecule has 2 N–H and O–H groups in total. The van der Waals surface area contributed by atoms with Gasteiger partial charge in [0.25, 0.3) is 5.88 Å². The predicted molar refractivity (Wildman–Crippen MR) is 62.7 cm³/mol. The van der Waals surface area contributed by atoms with E-state index < -0.39 is 17.5 Å². The average molecular weight is 280 g/mol. The highest BCUT2D eigenvalue weighted by Crippen LogP contribution is 2.39. The van der Waals surface area contributed by atoms with Crippen molar-refractivity contribution in [1.29, 1.82) is 5.26 Å². The zero-order chi connectivity index (χ0) is 14.8. The number of halogens is 3. The van der Waals surface area contributed by atoms with Gasteiger partial charge in [0.15, 0.2) is 0 Å². The fourth-order valence-electron chi connectivity index (χ4n) is 1.44. The standard InChI is InChI=1S/C12H7F3N4O/c13-12(14,15)9-5-8(17)1-2-10(9)20-11-7(6-16)3-4-18-19-11/h1-5H,17H2. The van der Waals surface area contributed by atoms with Gasteiger partial charge in [-0.05, 0) is 24.3 Å². The fourth-order valence-corrected chi connectivity index (χ4v) is 1.44. The lowest BCUT2D eigenvalue weighted by Crippen LogP contribution is -2.08. The molecule has 0 fully saturated rings. The Morgan fingerprint density at radius 2 is 2.00 bits per heavy atom. The number of nitrogen functional groups attached to an aromatic ring is 1. The molecule has 2 aromatic rings. The maximum absolute atomic E-state index is 12.9. The van der Waals surface area contributed by atoms with E-state index >= 15 is 0 Å². The van der Waals surface area contributed by atoms with Crippen LogP contribution in [0, 0.1) is 11.3 Å². The summed E-state index contributed by atoms with van der Waals surface area (Å²) in [6.45, 7) is 0. The summed E-state index contributed by atoms with van der Waals surface area (Å²) in [5.41, 5.74) is 4.21. The predicted octanol–water partition coefficient (Wildman–Crippen LogP) is 2.74. The topological polar surface area (TPSA) is 84.8 Å². The molecular weight excluding hydrogens is 273 g/mol. The number of anilines is 1. The molecule has 2 rings (SSSR count). The molecule has 0 unspecified atom stereocenters. The van der Waals surface area contributed by atoms with Gasteiger partial charge < -0.3 is 10.5 Å². The summed E-state index contributed by atoms with van der Waals surface area (Å²) in [6.07, 6.45) is -3.40. The van der Waals surface area contributed by atoms with E-state index in [1.54, 1.807) is 6.07 Å². The van der Waals surface area contributed by atoms with E-state index in [1.165, 1.54) is 18.3 Å². The molecule has 8 heteroatoms. The molecule has 0 aliphatic carbocycles. The molecule has 5 nitrogen and oxygen atoms in total. The summed E-state index contributed by atoms with van der Waals surface area (Å²) in [7, 11) is 0. The van der Waals surface area contributed by atoms with Gasteiger partial charge >= 0.3 is 6.18 Å². The monoisotopic (exact) mass is 280 g/mol. The van der Waals surface area contributed by atoms with Crippen LogP contribution in [-0.4, -0.2) is 10.2 Å². The van der Waals surface area contributed by atoms with E-state index in [0.717, 1.165) is 12.1 Å². The number of nitriles is 1. The van der Waals surface area contributed by atoms with E-state index in [0.29, 0.717) is 0 Å². The number of hydrogen-bond acceptors (Lipinski definition) is 5. The number of rotatable bonds is 2. The van der Waals surface area contributed by atoms with Crippen LogP contribution < -0.4 is 10.5 Å². The second kappa shape index (κ2) is 5.05. The molecule has 1 heterocycles. The van der Waals surface area contributed by atoms with Gasteiger partial charge in [0.1, 0.15) is 22.9 Å². The Morgan fingerprint density at radius 1 is 1.25 bits per heavy atom. The SMILES string of the molecule is N#Cc1ccnnc1Oc1ccc(N)cc1C(F)(F)F. The number of aromatic nitrogens is 2. The lowest BCUT2D eigenvalue weighted by molar-refractivity contribution is -0.138. The average Bonchev–Trinajstić information content (AvgIpc) is 2.40. The van der Waals surface area contributed by atoms with E-state index in [1.807, 2.05) is 0 Å². The van der Waals surface area contributed by atoms with Gasteiger partial charge in [-0.3, -0.25) is 0 Å². The minimum absolute atomic E-state index is 0.0232. The van der Waals surface area contributed by atoms with Crippen LogP contribution in [0.4, 0.5) is 18.9 Å². The number of nitrogens with two attached hydrogens (primary N) is 1. The van der Waals surface area contributed by atoms with E-state index in [-0.39, 0.29) is 17.1 Å². The van der Waals surface area contributed by atoms with Gasteiger partial charge in [0, 0.05) is 5.69 Å². The molecule has 20 heavy (non-hydrogen) atoms. The van der Waals surface area contributed by atoms with Crippen molar-refractivity contribution in [3.05, 3.63) is 41.6 Å². The summed E-state index contributed by atoms with van der Waals surface area (Å²) in [5.74, 6) is -0.797. The van der Waals surface area contributed by atoms with Gasteiger partial charge in [-0.15, -0.1) is 5.10 Å². The van der Waals surface area contributed by atoms with Crippen LogP contribution in [0.25, 0.3) is 0 Å². The van der Waals surface area contributed by atoms with Crippen LogP contribution in [-0.2, 0) is 6.18 Å². The molecule has 102 valence electrons. The molecule has 0 spiro atoms. The minimum Gasteiger partial charge on any atom is -0.436 e. The molecule has 0 atom stereocenters. The highest BCUT2D eigenvalue weighted by atomic mass is 19.4. The van der Waals surface area contributed by atoms with Gasteiger partial charge in [-0.1, -0.05) is 0 Å². The van der Waals surface area contributed by atoms with Crippen molar-refractivity contribution in [3.63, 3.8) is 0 Å². The fraction of sp³-hybridized carbons (Fsp3) is 0.0833. The van der Waals surface area contributed by atoms with Crippen LogP contribution in [0.3, 0.4) is 0 Å². The maximum Gasteiger partial charge on any atom is 0.420 e. The smallest absolute Gasteiger partial charge is 0.420 e. The Bertz CT molecular complexity index is 679. The van der Waals surface area contributed by atoms with Gasteiger partial charge in [-0.25, -0.2) is 0 Å². The molecular formula is C12H7F3N4O. The van der Waals surface area contributed by atoms with Crippen molar-refractivity contribution in [1.82, 2.24) is 10.2 Å². The van der Waals surface area contributed by atoms with E-state index in [2.05, 4.69) is 10.2 Å². The molecule has 0 saturated heterocycles. The van der Waals surface area contributed by atoms with Crippen molar-refractivity contribution >= 4 is 5.69 Å². The maximum atomic E-state index is 12.9. The van der Waals surface area contributed by atoms with Crippen molar-refractivity contribution in [3.8, 4) is 17.7 Å². The number of benzene rings is 1. The second-order valence-electron chi connectivity index (χ2n) is 3.72. The normalized spacial score (nSPS) is 10.9. The molecule has 0 saturated carbocycles. The van der Waals surface area contributed by atoms with E-state index in [4.69, 9.17) is 15.7 Å². The Morgan fingerprint density at radius 3 is 2.65 bits per heavy atom. The second-order valence-corrected chi connectivity index (χ2v) is 3.72. The summed E-state index contributed by atoms with van der Waals surface area (Å²) < 4.78 is 43.7. The lowest BCUT2D eigenvalue weighted by atomic mass is 10.1. The molecule has 0 amide bonds. The first-order valence-corrected chi connectivity index (χ1v) is 5.28. The summed E-state index contributed by atoms with van der Waals surface area (Å²) in [5, 5.41) is 15.8. The Hall–Kier alpha value is -2.82. The lowest BCUT2D eigenvalue weighted by Gasteiger charge is -2.13. The third-order valence-corrected chi connectivity index (χ3v) is 2.32. The van der Waals surface area contributed by atoms with Gasteiger partial charge in [0.05, 0.1) is 6.20 Å². The van der Waals surface area contributed by atoms with Crippen LogP contribution in [0.15, 0.2) is 30.5 Å². The number of hydrogen-bond donors (Lipinski definition) is 1. The third-order valence-electron chi connectivity index (χ3n) is 2.32. The van der Waals surface area contributed by atoms with Crippen LogP contribution in [0.2, 0.25) is 0 Å². The molecule has 0 aliphatic heterocycles. The first kappa shape index (κ1) is 13.6. The number of ether oxygens (including phenoxy) is 1. The highest BCUT2D eigenvalue weighted by molar-refractivity contribution is 5.51. The van der Waals surface area contributed by atoms with Crippen LogP contribution in [0.1, 0.15) is 11.1 Å². The zero-order valence-corrected chi connectivity index (χ0v) is 9.85. The quantitative estimate of drug-likeness (QED) is 0.855. The first-order chi connectivity index (χ1) is 9.41. The Labute approximate surface area is 111 Å². The highest BCUT2D eigenvalue weighted by Gasteiger charge is 2.35. The Balaban J connectivity index is 2.47. The zero-order valence-electron chi connectivity index (χ0n) is 9.85. The summed E-state index contributed by atoms with van der Waals surface area (Å²) in [4.78, 5) is 0. The third kappa shape index (κ3) is 2.77.